The molecule has 0 saturated carbocycles. The average Bonchev–Trinajstić information content (AvgIpc) is 3.04. The Morgan fingerprint density at radius 1 is 1.00 bits per heavy atom. The standard InChI is InChI=1S/C23H24N2O6/c1-3-31-20(26)13-12-19(21(27)24-14-15-8-10-16(30-2)11-9-15)25-22(28)17-6-4-5-7-18(17)23(25)29/h4-11,19H,3,12-14H2,1-2H3,(H,24,27). The highest BCUT2D eigenvalue weighted by molar-refractivity contribution is 6.22. The molecule has 1 aliphatic rings. The van der Waals surface area contributed by atoms with Gasteiger partial charge in [0, 0.05) is 13.0 Å². The summed E-state index contributed by atoms with van der Waals surface area (Å²) in [6.07, 6.45) is -0.124. The van der Waals surface area contributed by atoms with Crippen LogP contribution in [0.3, 0.4) is 0 Å². The molecule has 1 aliphatic heterocycles. The molecule has 8 nitrogen and oxygen atoms in total. The second-order valence-corrected chi connectivity index (χ2v) is 6.95. The van der Waals surface area contributed by atoms with Crippen molar-refractivity contribution in [1.82, 2.24) is 10.2 Å². The molecular formula is C23H24N2O6. The maximum absolute atomic E-state index is 13.0. The van der Waals surface area contributed by atoms with Crippen molar-refractivity contribution < 1.29 is 28.7 Å². The Labute approximate surface area is 180 Å². The van der Waals surface area contributed by atoms with Crippen molar-refractivity contribution in [1.29, 1.82) is 0 Å². The van der Waals surface area contributed by atoms with Crippen LogP contribution in [0.4, 0.5) is 0 Å². The molecule has 0 spiro atoms. The molecule has 31 heavy (non-hydrogen) atoms. The van der Waals surface area contributed by atoms with Gasteiger partial charge < -0.3 is 14.8 Å². The largest absolute Gasteiger partial charge is 0.497 e. The summed E-state index contributed by atoms with van der Waals surface area (Å²) in [5, 5.41) is 2.76. The number of rotatable bonds is 9. The number of carbonyl (C=O) groups is 4. The summed E-state index contributed by atoms with van der Waals surface area (Å²) in [7, 11) is 1.56. The van der Waals surface area contributed by atoms with E-state index in [9.17, 15) is 19.2 Å². The summed E-state index contributed by atoms with van der Waals surface area (Å²) in [4.78, 5) is 51.5. The Balaban J connectivity index is 1.77. The van der Waals surface area contributed by atoms with Crippen LogP contribution in [0.5, 0.6) is 5.75 Å². The lowest BCUT2D eigenvalue weighted by molar-refractivity contribution is -0.143. The molecule has 1 unspecified atom stereocenters. The van der Waals surface area contributed by atoms with E-state index in [0.717, 1.165) is 10.5 Å². The van der Waals surface area contributed by atoms with Crippen LogP contribution in [0.1, 0.15) is 46.0 Å². The minimum atomic E-state index is -1.13. The van der Waals surface area contributed by atoms with E-state index in [1.54, 1.807) is 62.6 Å². The maximum atomic E-state index is 13.0. The Morgan fingerprint density at radius 2 is 1.61 bits per heavy atom. The van der Waals surface area contributed by atoms with Crippen LogP contribution in [0.15, 0.2) is 48.5 Å². The van der Waals surface area contributed by atoms with Crippen LogP contribution < -0.4 is 10.1 Å². The minimum absolute atomic E-state index is 0.0290. The van der Waals surface area contributed by atoms with Crippen molar-refractivity contribution in [2.45, 2.75) is 32.4 Å². The highest BCUT2D eigenvalue weighted by Gasteiger charge is 2.42. The Hall–Kier alpha value is -3.68. The Kier molecular flexibility index (Phi) is 7.02. The van der Waals surface area contributed by atoms with Gasteiger partial charge in [-0.3, -0.25) is 24.1 Å². The first-order chi connectivity index (χ1) is 15.0. The average molecular weight is 424 g/mol. The van der Waals surface area contributed by atoms with Gasteiger partial charge in [-0.25, -0.2) is 0 Å². The summed E-state index contributed by atoms with van der Waals surface area (Å²) in [5.41, 5.74) is 1.31. The lowest BCUT2D eigenvalue weighted by Gasteiger charge is -2.25. The van der Waals surface area contributed by atoms with Gasteiger partial charge in [0.05, 0.1) is 24.8 Å². The number of hydrogen-bond acceptors (Lipinski definition) is 6. The number of ether oxygens (including phenoxy) is 2. The van der Waals surface area contributed by atoms with Gasteiger partial charge in [0.25, 0.3) is 11.8 Å². The zero-order valence-corrected chi connectivity index (χ0v) is 17.4. The number of amides is 3. The molecule has 1 heterocycles. The number of hydrogen-bond donors (Lipinski definition) is 1. The van der Waals surface area contributed by atoms with Gasteiger partial charge in [0.15, 0.2) is 0 Å². The fourth-order valence-electron chi connectivity index (χ4n) is 3.41. The number of benzene rings is 2. The molecule has 0 aliphatic carbocycles. The van der Waals surface area contributed by atoms with Crippen LogP contribution in [0.25, 0.3) is 0 Å². The summed E-state index contributed by atoms with van der Waals surface area (Å²) in [6.45, 7) is 2.09. The molecule has 0 fully saturated rings. The number of nitrogens with one attached hydrogen (secondary N) is 1. The molecule has 3 rings (SSSR count). The summed E-state index contributed by atoms with van der Waals surface area (Å²) < 4.78 is 10.0. The van der Waals surface area contributed by atoms with Crippen LogP contribution in [-0.4, -0.2) is 48.3 Å². The van der Waals surface area contributed by atoms with Gasteiger partial charge in [-0.05, 0) is 43.2 Å². The van der Waals surface area contributed by atoms with E-state index in [2.05, 4.69) is 5.32 Å². The van der Waals surface area contributed by atoms with Crippen molar-refractivity contribution in [3.8, 4) is 5.75 Å². The third-order valence-corrected chi connectivity index (χ3v) is 4.99. The quantitative estimate of drug-likeness (QED) is 0.490. The lowest BCUT2D eigenvalue weighted by Crippen LogP contribution is -2.49. The van der Waals surface area contributed by atoms with Gasteiger partial charge in [-0.2, -0.15) is 0 Å². The van der Waals surface area contributed by atoms with Crippen LogP contribution >= 0.6 is 0 Å². The van der Waals surface area contributed by atoms with Gasteiger partial charge in [0.2, 0.25) is 5.91 Å². The number of nitrogens with zero attached hydrogens (tertiary/aromatic N) is 1. The first-order valence-electron chi connectivity index (χ1n) is 9.99. The molecule has 1 atom stereocenters. The highest BCUT2D eigenvalue weighted by atomic mass is 16.5. The Bertz CT molecular complexity index is 951. The van der Waals surface area contributed by atoms with E-state index >= 15 is 0 Å². The highest BCUT2D eigenvalue weighted by Crippen LogP contribution is 2.26. The van der Waals surface area contributed by atoms with E-state index in [-0.39, 0.29) is 37.1 Å². The number of esters is 1. The monoisotopic (exact) mass is 424 g/mol. The lowest BCUT2D eigenvalue weighted by atomic mass is 10.1. The number of carbonyl (C=O) groups excluding carboxylic acids is 4. The van der Waals surface area contributed by atoms with Gasteiger partial charge in [-0.1, -0.05) is 24.3 Å². The molecule has 8 heteroatoms. The number of fused-ring (bicyclic) bond motifs is 1. The predicted octanol–water partition coefficient (Wildman–Crippen LogP) is 2.32. The third kappa shape index (κ3) is 4.91. The van der Waals surface area contributed by atoms with Crippen LogP contribution in [0.2, 0.25) is 0 Å². The van der Waals surface area contributed by atoms with Gasteiger partial charge >= 0.3 is 5.97 Å². The van der Waals surface area contributed by atoms with Crippen LogP contribution in [0, 0.1) is 0 Å². The number of methoxy groups -OCH3 is 1. The molecule has 1 N–H and O–H groups in total. The molecule has 0 aromatic heterocycles. The summed E-state index contributed by atoms with van der Waals surface area (Å²) in [5.74, 6) is -1.42. The summed E-state index contributed by atoms with van der Waals surface area (Å²) in [6, 6.07) is 12.4. The van der Waals surface area contributed by atoms with E-state index in [1.165, 1.54) is 0 Å². The number of imide groups is 1. The molecule has 0 saturated heterocycles. The smallest absolute Gasteiger partial charge is 0.305 e. The fraction of sp³-hybridized carbons (Fsp3) is 0.304. The van der Waals surface area contributed by atoms with Gasteiger partial charge in [0.1, 0.15) is 11.8 Å². The molecule has 0 radical (unpaired) electrons. The molecule has 0 bridgehead atoms. The van der Waals surface area contributed by atoms with Crippen LogP contribution in [-0.2, 0) is 20.9 Å². The van der Waals surface area contributed by atoms with E-state index in [4.69, 9.17) is 9.47 Å². The van der Waals surface area contributed by atoms with Gasteiger partial charge in [-0.15, -0.1) is 0 Å². The molecule has 162 valence electrons. The Morgan fingerprint density at radius 3 is 2.16 bits per heavy atom. The topological polar surface area (TPSA) is 102 Å². The zero-order chi connectivity index (χ0) is 22.4. The van der Waals surface area contributed by atoms with Crippen molar-refractivity contribution in [2.24, 2.45) is 0 Å². The second-order valence-electron chi connectivity index (χ2n) is 6.95. The van der Waals surface area contributed by atoms with E-state index < -0.39 is 29.7 Å². The molecular weight excluding hydrogens is 400 g/mol. The maximum Gasteiger partial charge on any atom is 0.305 e. The first-order valence-corrected chi connectivity index (χ1v) is 9.99. The van der Waals surface area contributed by atoms with Crippen molar-refractivity contribution >= 4 is 23.7 Å². The molecule has 3 amide bonds. The van der Waals surface area contributed by atoms with E-state index in [1.807, 2.05) is 0 Å². The molecule has 2 aromatic carbocycles. The van der Waals surface area contributed by atoms with Crippen molar-refractivity contribution in [3.63, 3.8) is 0 Å². The normalized spacial score (nSPS) is 13.5. The SMILES string of the molecule is CCOC(=O)CCC(C(=O)NCc1ccc(OC)cc1)N1C(=O)c2ccccc2C1=O. The minimum Gasteiger partial charge on any atom is -0.497 e. The third-order valence-electron chi connectivity index (χ3n) is 4.99. The van der Waals surface area contributed by atoms with Crippen molar-refractivity contribution in [2.75, 3.05) is 13.7 Å². The first kappa shape index (κ1) is 22.0. The second kappa shape index (κ2) is 9.88. The summed E-state index contributed by atoms with van der Waals surface area (Å²) >= 11 is 0. The molecule has 2 aromatic rings. The predicted molar refractivity (Wildman–Crippen MR) is 111 cm³/mol. The zero-order valence-electron chi connectivity index (χ0n) is 17.4. The fourth-order valence-corrected chi connectivity index (χ4v) is 3.41. The van der Waals surface area contributed by atoms with E-state index in [0.29, 0.717) is 5.75 Å². The van der Waals surface area contributed by atoms with Crippen molar-refractivity contribution in [3.05, 3.63) is 65.2 Å².